The molecule has 1 fully saturated rings. The molecular weight excluding hydrogens is 360 g/mol. The Morgan fingerprint density at radius 1 is 1.07 bits per heavy atom. The quantitative estimate of drug-likeness (QED) is 0.648. The predicted octanol–water partition coefficient (Wildman–Crippen LogP) is 1.60. The minimum Gasteiger partial charge on any atom is -0.444 e. The molecule has 0 saturated carbocycles. The summed E-state index contributed by atoms with van der Waals surface area (Å²) < 4.78 is 5.26. The van der Waals surface area contributed by atoms with Crippen LogP contribution in [-0.4, -0.2) is 78.6 Å². The first-order valence-corrected chi connectivity index (χ1v) is 10.3. The second-order valence-electron chi connectivity index (χ2n) is 8.37. The molecular formula is C20H38N4O4. The van der Waals surface area contributed by atoms with E-state index in [2.05, 4.69) is 22.5 Å². The SMILES string of the molecule is CCC(C)C(NC(=O)OC(C)(C)C)C(=O)NCCC(=O)N1CCN(CC)CC1. The lowest BCUT2D eigenvalue weighted by atomic mass is 9.98. The highest BCUT2D eigenvalue weighted by atomic mass is 16.6. The lowest BCUT2D eigenvalue weighted by Gasteiger charge is -2.34. The largest absolute Gasteiger partial charge is 0.444 e. The van der Waals surface area contributed by atoms with Crippen molar-refractivity contribution >= 4 is 17.9 Å². The van der Waals surface area contributed by atoms with Crippen LogP contribution in [0.5, 0.6) is 0 Å². The molecule has 8 heteroatoms. The number of likely N-dealkylation sites (N-methyl/N-ethyl adjacent to an activating group) is 1. The van der Waals surface area contributed by atoms with E-state index in [4.69, 9.17) is 4.74 Å². The molecule has 2 N–H and O–H groups in total. The normalized spacial score (nSPS) is 17.6. The van der Waals surface area contributed by atoms with Gasteiger partial charge in [-0.05, 0) is 33.2 Å². The van der Waals surface area contributed by atoms with Crippen molar-refractivity contribution in [3.05, 3.63) is 0 Å². The van der Waals surface area contributed by atoms with Crippen molar-refractivity contribution < 1.29 is 19.1 Å². The number of carbonyl (C=O) groups excluding carboxylic acids is 3. The lowest BCUT2D eigenvalue weighted by molar-refractivity contribution is -0.133. The first-order chi connectivity index (χ1) is 13.1. The number of hydrogen-bond acceptors (Lipinski definition) is 5. The van der Waals surface area contributed by atoms with E-state index < -0.39 is 17.7 Å². The Kier molecular flexibility index (Phi) is 9.72. The summed E-state index contributed by atoms with van der Waals surface area (Å²) in [5.74, 6) is -0.287. The third-order valence-electron chi connectivity index (χ3n) is 4.98. The molecule has 0 aromatic rings. The van der Waals surface area contributed by atoms with Crippen LogP contribution in [0, 0.1) is 5.92 Å². The van der Waals surface area contributed by atoms with Crippen LogP contribution in [0.4, 0.5) is 4.79 Å². The summed E-state index contributed by atoms with van der Waals surface area (Å²) in [5, 5.41) is 5.45. The van der Waals surface area contributed by atoms with Gasteiger partial charge in [-0.3, -0.25) is 9.59 Å². The van der Waals surface area contributed by atoms with Crippen molar-refractivity contribution in [1.29, 1.82) is 0 Å². The van der Waals surface area contributed by atoms with E-state index in [1.54, 1.807) is 20.8 Å². The van der Waals surface area contributed by atoms with Crippen molar-refractivity contribution in [2.75, 3.05) is 39.3 Å². The molecule has 28 heavy (non-hydrogen) atoms. The first kappa shape index (κ1) is 24.2. The van der Waals surface area contributed by atoms with Gasteiger partial charge in [-0.25, -0.2) is 4.79 Å². The number of piperazine rings is 1. The molecule has 1 aliphatic rings. The maximum atomic E-state index is 12.6. The number of hydrogen-bond donors (Lipinski definition) is 2. The molecule has 1 heterocycles. The van der Waals surface area contributed by atoms with Crippen molar-refractivity contribution in [2.24, 2.45) is 5.92 Å². The fourth-order valence-electron chi connectivity index (χ4n) is 3.01. The maximum absolute atomic E-state index is 12.6. The third kappa shape index (κ3) is 8.46. The Morgan fingerprint density at radius 2 is 1.68 bits per heavy atom. The second kappa shape index (κ2) is 11.2. The molecule has 0 spiro atoms. The number of alkyl carbamates (subject to hydrolysis) is 1. The Balaban J connectivity index is 2.48. The fraction of sp³-hybridized carbons (Fsp3) is 0.850. The molecule has 0 bridgehead atoms. The Bertz CT molecular complexity index is 525. The van der Waals surface area contributed by atoms with Crippen LogP contribution in [0.3, 0.4) is 0 Å². The van der Waals surface area contributed by atoms with Crippen LogP contribution >= 0.6 is 0 Å². The minimum atomic E-state index is -0.692. The van der Waals surface area contributed by atoms with Gasteiger partial charge < -0.3 is 25.2 Å². The molecule has 0 aromatic carbocycles. The highest BCUT2D eigenvalue weighted by Crippen LogP contribution is 2.11. The molecule has 0 radical (unpaired) electrons. The van der Waals surface area contributed by atoms with Gasteiger partial charge in [-0.15, -0.1) is 0 Å². The average molecular weight is 399 g/mol. The molecule has 0 aliphatic carbocycles. The van der Waals surface area contributed by atoms with Crippen molar-refractivity contribution in [1.82, 2.24) is 20.4 Å². The Morgan fingerprint density at radius 3 is 2.18 bits per heavy atom. The van der Waals surface area contributed by atoms with E-state index in [0.29, 0.717) is 0 Å². The van der Waals surface area contributed by atoms with Gasteiger partial charge in [0.2, 0.25) is 11.8 Å². The van der Waals surface area contributed by atoms with Gasteiger partial charge in [-0.1, -0.05) is 27.2 Å². The summed E-state index contributed by atoms with van der Waals surface area (Å²) >= 11 is 0. The zero-order valence-electron chi connectivity index (χ0n) is 18.3. The number of rotatable bonds is 8. The van der Waals surface area contributed by atoms with E-state index in [1.807, 2.05) is 18.7 Å². The van der Waals surface area contributed by atoms with Crippen LogP contribution in [0.25, 0.3) is 0 Å². The fourth-order valence-corrected chi connectivity index (χ4v) is 3.01. The number of nitrogens with zero attached hydrogens (tertiary/aromatic N) is 2. The Hall–Kier alpha value is -1.83. The van der Waals surface area contributed by atoms with Gasteiger partial charge >= 0.3 is 6.09 Å². The summed E-state index contributed by atoms with van der Waals surface area (Å²) in [6, 6.07) is -0.692. The molecule has 8 nitrogen and oxygen atoms in total. The molecule has 2 unspecified atom stereocenters. The highest BCUT2D eigenvalue weighted by molar-refractivity contribution is 5.86. The Labute approximate surface area is 169 Å². The van der Waals surface area contributed by atoms with Gasteiger partial charge in [0.25, 0.3) is 0 Å². The van der Waals surface area contributed by atoms with Gasteiger partial charge in [0.05, 0.1) is 0 Å². The molecule has 1 rings (SSSR count). The first-order valence-electron chi connectivity index (χ1n) is 10.3. The van der Waals surface area contributed by atoms with Crippen molar-refractivity contribution in [3.63, 3.8) is 0 Å². The molecule has 2 atom stereocenters. The van der Waals surface area contributed by atoms with Gasteiger partial charge in [-0.2, -0.15) is 0 Å². The van der Waals surface area contributed by atoms with Gasteiger partial charge in [0.1, 0.15) is 11.6 Å². The molecule has 0 aromatic heterocycles. The number of amides is 3. The maximum Gasteiger partial charge on any atom is 0.408 e. The van der Waals surface area contributed by atoms with Gasteiger partial charge in [0, 0.05) is 39.1 Å². The highest BCUT2D eigenvalue weighted by Gasteiger charge is 2.28. The predicted molar refractivity (Wildman–Crippen MR) is 109 cm³/mol. The van der Waals surface area contributed by atoms with E-state index in [1.165, 1.54) is 0 Å². The monoisotopic (exact) mass is 398 g/mol. The summed E-state index contributed by atoms with van der Waals surface area (Å²) in [4.78, 5) is 41.1. The van der Waals surface area contributed by atoms with Crippen LogP contribution in [0.1, 0.15) is 54.4 Å². The summed E-state index contributed by atoms with van der Waals surface area (Å²) in [7, 11) is 0. The second-order valence-corrected chi connectivity index (χ2v) is 8.37. The van der Waals surface area contributed by atoms with Crippen molar-refractivity contribution in [2.45, 2.75) is 66.0 Å². The molecule has 3 amide bonds. The lowest BCUT2D eigenvalue weighted by Crippen LogP contribution is -2.52. The van der Waals surface area contributed by atoms with Crippen LogP contribution < -0.4 is 10.6 Å². The smallest absolute Gasteiger partial charge is 0.408 e. The molecule has 162 valence electrons. The van der Waals surface area contributed by atoms with Crippen molar-refractivity contribution in [3.8, 4) is 0 Å². The van der Waals surface area contributed by atoms with Crippen LogP contribution in [-0.2, 0) is 14.3 Å². The third-order valence-corrected chi connectivity index (χ3v) is 4.98. The number of nitrogens with one attached hydrogen (secondary N) is 2. The number of ether oxygens (including phenoxy) is 1. The topological polar surface area (TPSA) is 91.0 Å². The van der Waals surface area contributed by atoms with E-state index in [9.17, 15) is 14.4 Å². The zero-order chi connectivity index (χ0) is 21.3. The average Bonchev–Trinajstić information content (AvgIpc) is 2.63. The summed E-state index contributed by atoms with van der Waals surface area (Å²) in [5.41, 5.74) is -0.630. The zero-order valence-corrected chi connectivity index (χ0v) is 18.3. The minimum absolute atomic E-state index is 0.0506. The molecule has 1 aliphatic heterocycles. The van der Waals surface area contributed by atoms with E-state index in [0.717, 1.165) is 39.1 Å². The van der Waals surface area contributed by atoms with E-state index >= 15 is 0 Å². The summed E-state index contributed by atoms with van der Waals surface area (Å²) in [6.45, 7) is 15.8. The van der Waals surface area contributed by atoms with Crippen LogP contribution in [0.15, 0.2) is 0 Å². The van der Waals surface area contributed by atoms with Crippen LogP contribution in [0.2, 0.25) is 0 Å². The van der Waals surface area contributed by atoms with E-state index in [-0.39, 0.29) is 30.7 Å². The van der Waals surface area contributed by atoms with Gasteiger partial charge in [0.15, 0.2) is 0 Å². The standard InChI is InChI=1S/C20H38N4O4/c1-7-15(3)17(22-19(27)28-20(4,5)6)18(26)21-10-9-16(25)24-13-11-23(8-2)12-14-24/h15,17H,7-14H2,1-6H3,(H,21,26)(H,22,27). The summed E-state index contributed by atoms with van der Waals surface area (Å²) in [6.07, 6.45) is 0.379. The number of carbonyl (C=O) groups is 3. The molecule has 1 saturated heterocycles.